The zero-order valence-corrected chi connectivity index (χ0v) is 10.2. The largest absolute Gasteiger partial charge is 0.463 e. The van der Waals surface area contributed by atoms with Crippen LogP contribution in [0.2, 0.25) is 0 Å². The molecule has 0 unspecified atom stereocenters. The van der Waals surface area contributed by atoms with Gasteiger partial charge < -0.3 is 14.5 Å². The Morgan fingerprint density at radius 2 is 2.26 bits per heavy atom. The molecular formula is C14H13NO4. The van der Waals surface area contributed by atoms with Gasteiger partial charge in [-0.15, -0.1) is 0 Å². The maximum Gasteiger partial charge on any atom is 0.347 e. The number of carbonyl (C=O) groups excluding carboxylic acids is 2. The topological polar surface area (TPSA) is 68.4 Å². The van der Waals surface area contributed by atoms with Crippen molar-refractivity contribution in [3.63, 3.8) is 0 Å². The predicted molar refractivity (Wildman–Crippen MR) is 67.5 cm³/mol. The van der Waals surface area contributed by atoms with Crippen LogP contribution in [0, 0.1) is 0 Å². The molecule has 1 aliphatic heterocycles. The lowest BCUT2D eigenvalue weighted by atomic mass is 10.1. The highest BCUT2D eigenvalue weighted by atomic mass is 16.6. The molecule has 19 heavy (non-hydrogen) atoms. The maximum atomic E-state index is 11.8. The third-order valence-electron chi connectivity index (χ3n) is 3.17. The summed E-state index contributed by atoms with van der Waals surface area (Å²) in [6.07, 6.45) is 1.64. The number of fused-ring (bicyclic) bond motifs is 1. The molecule has 3 rings (SSSR count). The Hall–Kier alpha value is -2.30. The summed E-state index contributed by atoms with van der Waals surface area (Å²) in [5, 5.41) is 0.994. The summed E-state index contributed by atoms with van der Waals surface area (Å²) < 4.78 is 9.87. The van der Waals surface area contributed by atoms with E-state index < -0.39 is 18.0 Å². The second kappa shape index (κ2) is 4.76. The molecule has 1 N–H and O–H groups in total. The summed E-state index contributed by atoms with van der Waals surface area (Å²) >= 11 is 0. The van der Waals surface area contributed by atoms with Gasteiger partial charge in [-0.25, -0.2) is 4.79 Å². The van der Waals surface area contributed by atoms with Gasteiger partial charge in [0, 0.05) is 23.5 Å². The first-order valence-electron chi connectivity index (χ1n) is 6.15. The highest BCUT2D eigenvalue weighted by molar-refractivity contribution is 5.88. The number of hydrogen-bond acceptors (Lipinski definition) is 4. The number of hydrogen-bond donors (Lipinski definition) is 1. The zero-order valence-electron chi connectivity index (χ0n) is 10.2. The second-order valence-corrected chi connectivity index (χ2v) is 4.47. The smallest absolute Gasteiger partial charge is 0.347 e. The monoisotopic (exact) mass is 259 g/mol. The van der Waals surface area contributed by atoms with Crippen LogP contribution in [0.5, 0.6) is 0 Å². The summed E-state index contributed by atoms with van der Waals surface area (Å²) in [6.45, 7) is 0.323. The van der Waals surface area contributed by atoms with Crippen LogP contribution in [0.1, 0.15) is 12.0 Å². The highest BCUT2D eigenvalue weighted by Gasteiger charge is 2.30. The number of rotatable bonds is 3. The van der Waals surface area contributed by atoms with Gasteiger partial charge in [-0.05, 0) is 11.6 Å². The van der Waals surface area contributed by atoms with Gasteiger partial charge in [0.2, 0.25) is 6.10 Å². The highest BCUT2D eigenvalue weighted by Crippen LogP contribution is 2.19. The Kier molecular flexibility index (Phi) is 2.95. The number of H-pyrrole nitrogens is 1. The van der Waals surface area contributed by atoms with E-state index in [1.807, 2.05) is 24.3 Å². The fraction of sp³-hybridized carbons (Fsp3) is 0.286. The van der Waals surface area contributed by atoms with Crippen molar-refractivity contribution in [3.05, 3.63) is 36.0 Å². The number of nitrogens with one attached hydrogen (secondary N) is 1. The van der Waals surface area contributed by atoms with Crippen LogP contribution >= 0.6 is 0 Å². The number of aromatic amines is 1. The van der Waals surface area contributed by atoms with Crippen molar-refractivity contribution in [1.29, 1.82) is 0 Å². The van der Waals surface area contributed by atoms with E-state index in [9.17, 15) is 9.59 Å². The molecule has 5 heteroatoms. The quantitative estimate of drug-likeness (QED) is 0.849. The van der Waals surface area contributed by atoms with Gasteiger partial charge in [0.25, 0.3) is 0 Å². The van der Waals surface area contributed by atoms with E-state index in [0.29, 0.717) is 13.0 Å². The van der Waals surface area contributed by atoms with E-state index in [2.05, 4.69) is 4.98 Å². The minimum absolute atomic E-state index is 0.147. The summed E-state index contributed by atoms with van der Waals surface area (Å²) in [7, 11) is 0. The van der Waals surface area contributed by atoms with Crippen molar-refractivity contribution in [1.82, 2.24) is 4.98 Å². The summed E-state index contributed by atoms with van der Waals surface area (Å²) in [4.78, 5) is 26.1. The molecule has 1 saturated heterocycles. The molecule has 1 aromatic heterocycles. The molecule has 0 amide bonds. The molecule has 98 valence electrons. The number of aromatic nitrogens is 1. The van der Waals surface area contributed by atoms with E-state index in [-0.39, 0.29) is 6.42 Å². The van der Waals surface area contributed by atoms with Crippen molar-refractivity contribution >= 4 is 22.8 Å². The number of ether oxygens (including phenoxy) is 2. The van der Waals surface area contributed by atoms with Crippen LogP contribution in [-0.2, 0) is 25.5 Å². The van der Waals surface area contributed by atoms with E-state index in [1.165, 1.54) is 0 Å². The van der Waals surface area contributed by atoms with Crippen LogP contribution in [0.15, 0.2) is 30.5 Å². The van der Waals surface area contributed by atoms with Crippen LogP contribution < -0.4 is 0 Å². The Bertz CT molecular complexity index is 631. The SMILES string of the molecule is O=C(Cc1c[nH]c2ccccc12)O[C@H]1CCOC1=O. The fourth-order valence-electron chi connectivity index (χ4n) is 2.22. The van der Waals surface area contributed by atoms with Crippen LogP contribution in [0.4, 0.5) is 0 Å². The molecule has 0 spiro atoms. The van der Waals surface area contributed by atoms with Crippen LogP contribution in [0.25, 0.3) is 10.9 Å². The zero-order chi connectivity index (χ0) is 13.2. The third kappa shape index (κ3) is 2.31. The molecule has 2 heterocycles. The van der Waals surface area contributed by atoms with Gasteiger partial charge in [-0.2, -0.15) is 0 Å². The van der Waals surface area contributed by atoms with Gasteiger partial charge >= 0.3 is 11.9 Å². The first-order chi connectivity index (χ1) is 9.24. The Labute approximate surface area is 109 Å². The van der Waals surface area contributed by atoms with E-state index >= 15 is 0 Å². The van der Waals surface area contributed by atoms with Crippen molar-refractivity contribution in [2.45, 2.75) is 18.9 Å². The maximum absolute atomic E-state index is 11.8. The molecule has 2 aromatic rings. The lowest BCUT2D eigenvalue weighted by Gasteiger charge is -2.07. The molecule has 5 nitrogen and oxygen atoms in total. The van der Waals surface area contributed by atoms with E-state index in [1.54, 1.807) is 6.20 Å². The van der Waals surface area contributed by atoms with E-state index in [4.69, 9.17) is 9.47 Å². The summed E-state index contributed by atoms with van der Waals surface area (Å²) in [6, 6.07) is 7.73. The van der Waals surface area contributed by atoms with Crippen molar-refractivity contribution < 1.29 is 19.1 Å². The number of benzene rings is 1. The Morgan fingerprint density at radius 3 is 3.05 bits per heavy atom. The molecule has 1 aromatic carbocycles. The van der Waals surface area contributed by atoms with Gasteiger partial charge in [0.15, 0.2) is 0 Å². The molecular weight excluding hydrogens is 246 g/mol. The number of para-hydroxylation sites is 1. The second-order valence-electron chi connectivity index (χ2n) is 4.47. The van der Waals surface area contributed by atoms with Gasteiger partial charge in [0.1, 0.15) is 0 Å². The molecule has 0 aliphatic carbocycles. The normalized spacial score (nSPS) is 18.5. The number of esters is 2. The molecule has 1 fully saturated rings. The lowest BCUT2D eigenvalue weighted by molar-refractivity contribution is -0.159. The fourth-order valence-corrected chi connectivity index (χ4v) is 2.22. The Morgan fingerprint density at radius 1 is 1.42 bits per heavy atom. The Balaban J connectivity index is 1.71. The first-order valence-corrected chi connectivity index (χ1v) is 6.15. The summed E-state index contributed by atoms with van der Waals surface area (Å²) in [5.74, 6) is -0.860. The van der Waals surface area contributed by atoms with Crippen molar-refractivity contribution in [2.75, 3.05) is 6.61 Å². The predicted octanol–water partition coefficient (Wildman–Crippen LogP) is 1.57. The van der Waals surface area contributed by atoms with Gasteiger partial charge in [0.05, 0.1) is 13.0 Å². The van der Waals surface area contributed by atoms with Gasteiger partial charge in [-0.1, -0.05) is 18.2 Å². The van der Waals surface area contributed by atoms with Crippen molar-refractivity contribution in [2.24, 2.45) is 0 Å². The average Bonchev–Trinajstić information content (AvgIpc) is 2.98. The number of cyclic esters (lactones) is 1. The lowest BCUT2D eigenvalue weighted by Crippen LogP contribution is -2.23. The first kappa shape index (κ1) is 11.8. The van der Waals surface area contributed by atoms with Crippen molar-refractivity contribution in [3.8, 4) is 0 Å². The number of carbonyl (C=O) groups is 2. The van der Waals surface area contributed by atoms with Gasteiger partial charge in [-0.3, -0.25) is 4.79 Å². The molecule has 0 radical (unpaired) electrons. The standard InChI is InChI=1S/C14H13NO4/c16-13(19-12-5-6-18-14(12)17)7-9-8-15-11-4-2-1-3-10(9)11/h1-4,8,12,15H,5-7H2/t12-/m0/s1. The molecule has 1 atom stereocenters. The average molecular weight is 259 g/mol. The third-order valence-corrected chi connectivity index (χ3v) is 3.17. The van der Waals surface area contributed by atoms with E-state index in [0.717, 1.165) is 16.5 Å². The minimum atomic E-state index is -0.738. The van der Waals surface area contributed by atoms with Crippen LogP contribution in [-0.4, -0.2) is 29.6 Å². The summed E-state index contributed by atoms with van der Waals surface area (Å²) in [5.41, 5.74) is 1.84. The molecule has 0 bridgehead atoms. The molecule has 0 saturated carbocycles. The minimum Gasteiger partial charge on any atom is -0.463 e. The molecule has 1 aliphatic rings. The van der Waals surface area contributed by atoms with Crippen LogP contribution in [0.3, 0.4) is 0 Å².